The molecule has 0 aromatic carbocycles. The third-order valence-corrected chi connectivity index (χ3v) is 4.68. The maximum Gasteiger partial charge on any atom is 0.259 e. The molecule has 0 unspecified atom stereocenters. The Labute approximate surface area is 147 Å². The van der Waals surface area contributed by atoms with Gasteiger partial charge < -0.3 is 19.3 Å². The highest BCUT2D eigenvalue weighted by Gasteiger charge is 2.31. The lowest BCUT2D eigenvalue weighted by Gasteiger charge is -2.34. The van der Waals surface area contributed by atoms with E-state index in [0.717, 1.165) is 12.8 Å². The zero-order valence-electron chi connectivity index (χ0n) is 14.6. The van der Waals surface area contributed by atoms with Crippen LogP contribution < -0.4 is 4.74 Å². The third kappa shape index (κ3) is 3.66. The molecule has 1 N–H and O–H groups in total. The molecule has 3 heterocycles. The predicted octanol–water partition coefficient (Wildman–Crippen LogP) is 1.80. The average molecular weight is 344 g/mol. The van der Waals surface area contributed by atoms with E-state index in [0.29, 0.717) is 37.0 Å². The van der Waals surface area contributed by atoms with Crippen LogP contribution in [0.4, 0.5) is 0 Å². The van der Waals surface area contributed by atoms with Gasteiger partial charge in [-0.3, -0.25) is 4.79 Å². The molecular weight excluding hydrogens is 320 g/mol. The summed E-state index contributed by atoms with van der Waals surface area (Å²) in [4.78, 5) is 23.0. The van der Waals surface area contributed by atoms with Crippen LogP contribution >= 0.6 is 0 Å². The highest BCUT2D eigenvalue weighted by atomic mass is 16.5. The van der Waals surface area contributed by atoms with E-state index in [9.17, 15) is 9.90 Å². The lowest BCUT2D eigenvalue weighted by Crippen LogP contribution is -2.40. The molecule has 2 aromatic rings. The molecule has 7 nitrogen and oxygen atoms in total. The fourth-order valence-electron chi connectivity index (χ4n) is 3.27. The number of rotatable bonds is 5. The van der Waals surface area contributed by atoms with Crippen molar-refractivity contribution in [2.45, 2.75) is 25.9 Å². The van der Waals surface area contributed by atoms with E-state index < -0.39 is 6.10 Å². The first-order valence-corrected chi connectivity index (χ1v) is 8.64. The molecule has 134 valence electrons. The van der Waals surface area contributed by atoms with Crippen molar-refractivity contribution in [1.29, 1.82) is 0 Å². The number of pyridine rings is 1. The molecule has 2 aromatic heterocycles. The molecule has 25 heavy (non-hydrogen) atoms. The lowest BCUT2D eigenvalue weighted by molar-refractivity contribution is 0.0417. The number of carbonyl (C=O) groups excluding carboxylic acids is 1. The van der Waals surface area contributed by atoms with Gasteiger partial charge in [-0.1, -0.05) is 0 Å². The number of imidazole rings is 1. The zero-order valence-corrected chi connectivity index (χ0v) is 14.6. The second kappa shape index (κ2) is 7.65. The number of hydrogen-bond donors (Lipinski definition) is 1. The van der Waals surface area contributed by atoms with Gasteiger partial charge in [-0.2, -0.15) is 0 Å². The first kappa shape index (κ1) is 17.4. The molecule has 0 spiro atoms. The highest BCUT2D eigenvalue weighted by Crippen LogP contribution is 2.30. The Morgan fingerprint density at radius 2 is 2.12 bits per heavy atom. The summed E-state index contributed by atoms with van der Waals surface area (Å²) in [7, 11) is 1.88. The fourth-order valence-corrected chi connectivity index (χ4v) is 3.27. The molecule has 1 atom stereocenters. The van der Waals surface area contributed by atoms with Gasteiger partial charge in [0.05, 0.1) is 6.61 Å². The topological polar surface area (TPSA) is 80.5 Å². The van der Waals surface area contributed by atoms with Crippen LogP contribution in [0.2, 0.25) is 0 Å². The zero-order chi connectivity index (χ0) is 17.8. The lowest BCUT2D eigenvalue weighted by atomic mass is 9.90. The molecule has 7 heteroatoms. The smallest absolute Gasteiger partial charge is 0.259 e. The predicted molar refractivity (Wildman–Crippen MR) is 92.2 cm³/mol. The van der Waals surface area contributed by atoms with E-state index >= 15 is 0 Å². The summed E-state index contributed by atoms with van der Waals surface area (Å²) in [6.45, 7) is 3.54. The van der Waals surface area contributed by atoms with Gasteiger partial charge in [0, 0.05) is 38.7 Å². The number of aliphatic hydroxyl groups excluding tert-OH is 1. The molecule has 1 saturated heterocycles. The van der Waals surface area contributed by atoms with Crippen LogP contribution in [-0.2, 0) is 7.05 Å². The molecule has 0 aliphatic carbocycles. The number of amides is 1. The van der Waals surface area contributed by atoms with Crippen LogP contribution in [0.25, 0.3) is 0 Å². The van der Waals surface area contributed by atoms with Crippen molar-refractivity contribution in [3.63, 3.8) is 0 Å². The minimum Gasteiger partial charge on any atom is -0.477 e. The molecule has 0 radical (unpaired) electrons. The molecule has 1 aliphatic heterocycles. The van der Waals surface area contributed by atoms with E-state index in [1.807, 2.05) is 24.7 Å². The van der Waals surface area contributed by atoms with Gasteiger partial charge in [0.15, 0.2) is 0 Å². The molecular formula is C18H24N4O3. The Balaban J connectivity index is 1.64. The number of aromatic nitrogens is 3. The third-order valence-electron chi connectivity index (χ3n) is 4.68. The van der Waals surface area contributed by atoms with Crippen molar-refractivity contribution in [1.82, 2.24) is 19.4 Å². The van der Waals surface area contributed by atoms with Gasteiger partial charge in [0.2, 0.25) is 5.88 Å². The van der Waals surface area contributed by atoms with E-state index in [-0.39, 0.29) is 11.8 Å². The summed E-state index contributed by atoms with van der Waals surface area (Å²) in [5, 5.41) is 10.6. The molecule has 1 fully saturated rings. The summed E-state index contributed by atoms with van der Waals surface area (Å²) in [5.41, 5.74) is 0.493. The maximum absolute atomic E-state index is 12.8. The first-order valence-electron chi connectivity index (χ1n) is 8.64. The maximum atomic E-state index is 12.8. The SMILES string of the molecule is CCOc1ncccc1C(=O)N1CCC([C@@H](O)c2nccn2C)CC1. The Morgan fingerprint density at radius 1 is 1.36 bits per heavy atom. The first-order chi connectivity index (χ1) is 12.1. The molecule has 0 saturated carbocycles. The number of hydrogen-bond acceptors (Lipinski definition) is 5. The number of aliphatic hydroxyl groups is 1. The van der Waals surface area contributed by atoms with Crippen molar-refractivity contribution in [3.05, 3.63) is 42.1 Å². The van der Waals surface area contributed by atoms with Crippen molar-refractivity contribution >= 4 is 5.91 Å². The van der Waals surface area contributed by atoms with Crippen LogP contribution in [0, 0.1) is 5.92 Å². The standard InChI is InChI=1S/C18H24N4O3/c1-3-25-17-14(5-4-8-20-17)18(24)22-10-6-13(7-11-22)15(23)16-19-9-12-21(16)2/h4-5,8-9,12-13,15,23H,3,6-7,10-11H2,1-2H3/t15-/m1/s1. The second-order valence-corrected chi connectivity index (χ2v) is 6.26. The van der Waals surface area contributed by atoms with Gasteiger partial charge >= 0.3 is 0 Å². The number of ether oxygens (including phenoxy) is 1. The Bertz CT molecular complexity index is 723. The summed E-state index contributed by atoms with van der Waals surface area (Å²) < 4.78 is 7.30. The second-order valence-electron chi connectivity index (χ2n) is 6.26. The Hall–Kier alpha value is -2.41. The van der Waals surface area contributed by atoms with Gasteiger partial charge in [-0.25, -0.2) is 9.97 Å². The normalized spacial score (nSPS) is 16.7. The van der Waals surface area contributed by atoms with Gasteiger partial charge in [0.1, 0.15) is 17.5 Å². The molecule has 1 amide bonds. The van der Waals surface area contributed by atoms with Crippen LogP contribution in [0.15, 0.2) is 30.7 Å². The van der Waals surface area contributed by atoms with E-state index in [1.165, 1.54) is 0 Å². The number of aryl methyl sites for hydroxylation is 1. The summed E-state index contributed by atoms with van der Waals surface area (Å²) in [6, 6.07) is 3.49. The number of carbonyl (C=O) groups is 1. The largest absolute Gasteiger partial charge is 0.477 e. The molecule has 3 rings (SSSR count). The summed E-state index contributed by atoms with van der Waals surface area (Å²) >= 11 is 0. The van der Waals surface area contributed by atoms with Crippen LogP contribution in [0.1, 0.15) is 42.1 Å². The quantitative estimate of drug-likeness (QED) is 0.894. The van der Waals surface area contributed by atoms with Crippen LogP contribution in [-0.4, -0.2) is 50.1 Å². The number of nitrogens with zero attached hydrogens (tertiary/aromatic N) is 4. The average Bonchev–Trinajstić information content (AvgIpc) is 3.07. The molecule has 0 bridgehead atoms. The fraction of sp³-hybridized carbons (Fsp3) is 0.500. The van der Waals surface area contributed by atoms with Gasteiger partial charge in [-0.05, 0) is 37.8 Å². The number of piperidine rings is 1. The van der Waals surface area contributed by atoms with Crippen LogP contribution in [0.5, 0.6) is 5.88 Å². The minimum absolute atomic E-state index is 0.0681. The van der Waals surface area contributed by atoms with Crippen molar-refractivity contribution in [3.8, 4) is 5.88 Å². The van der Waals surface area contributed by atoms with Crippen LogP contribution in [0.3, 0.4) is 0 Å². The molecule has 1 aliphatic rings. The highest BCUT2D eigenvalue weighted by molar-refractivity contribution is 5.96. The summed E-state index contributed by atoms with van der Waals surface area (Å²) in [6.07, 6.45) is 6.02. The van der Waals surface area contributed by atoms with Crippen molar-refractivity contribution in [2.24, 2.45) is 13.0 Å². The van der Waals surface area contributed by atoms with Crippen molar-refractivity contribution in [2.75, 3.05) is 19.7 Å². The van der Waals surface area contributed by atoms with E-state index in [1.54, 1.807) is 29.4 Å². The Morgan fingerprint density at radius 3 is 2.76 bits per heavy atom. The number of likely N-dealkylation sites (tertiary alicyclic amines) is 1. The van der Waals surface area contributed by atoms with Gasteiger partial charge in [0.25, 0.3) is 5.91 Å². The van der Waals surface area contributed by atoms with Crippen molar-refractivity contribution < 1.29 is 14.6 Å². The minimum atomic E-state index is -0.602. The van der Waals surface area contributed by atoms with E-state index in [2.05, 4.69) is 9.97 Å². The van der Waals surface area contributed by atoms with Gasteiger partial charge in [-0.15, -0.1) is 0 Å². The monoisotopic (exact) mass is 344 g/mol. The summed E-state index contributed by atoms with van der Waals surface area (Å²) in [5.74, 6) is 1.09. The van der Waals surface area contributed by atoms with E-state index in [4.69, 9.17) is 4.74 Å². The Kier molecular flexibility index (Phi) is 5.33.